The van der Waals surface area contributed by atoms with Gasteiger partial charge in [0.05, 0.1) is 6.42 Å². The quantitative estimate of drug-likeness (QED) is 0.789. The van der Waals surface area contributed by atoms with Crippen molar-refractivity contribution in [2.75, 3.05) is 19.6 Å². The number of aromatic nitrogens is 1. The number of H-pyrrole nitrogens is 1. The van der Waals surface area contributed by atoms with Gasteiger partial charge in [0.2, 0.25) is 5.91 Å². The minimum Gasteiger partial charge on any atom is -0.361 e. The summed E-state index contributed by atoms with van der Waals surface area (Å²) in [5.74, 6) is 0.829. The highest BCUT2D eigenvalue weighted by molar-refractivity contribution is 5.88. The maximum Gasteiger partial charge on any atom is 0.224 e. The van der Waals surface area contributed by atoms with E-state index in [0.29, 0.717) is 12.3 Å². The number of para-hydroxylation sites is 1. The van der Waals surface area contributed by atoms with Gasteiger partial charge in [0.15, 0.2) is 0 Å². The van der Waals surface area contributed by atoms with Crippen molar-refractivity contribution < 1.29 is 4.79 Å². The molecule has 0 radical (unpaired) electrons. The molecule has 1 atom stereocenters. The number of fused-ring (bicyclic) bond motifs is 1. The largest absolute Gasteiger partial charge is 0.361 e. The van der Waals surface area contributed by atoms with Crippen LogP contribution in [0.2, 0.25) is 0 Å². The normalized spacial score (nSPS) is 18.8. The Hall–Kier alpha value is -1.81. The van der Waals surface area contributed by atoms with Gasteiger partial charge in [-0.25, -0.2) is 0 Å². The van der Waals surface area contributed by atoms with E-state index in [9.17, 15) is 4.79 Å². The summed E-state index contributed by atoms with van der Waals surface area (Å²) in [6.07, 6.45) is 6.01. The van der Waals surface area contributed by atoms with Gasteiger partial charge >= 0.3 is 0 Å². The predicted octanol–water partition coefficient (Wildman–Crippen LogP) is 2.22. The maximum atomic E-state index is 12.1. The third-order valence-electron chi connectivity index (χ3n) is 4.30. The number of nitrogens with one attached hydrogen (secondary N) is 3. The van der Waals surface area contributed by atoms with Gasteiger partial charge in [0, 0.05) is 23.6 Å². The van der Waals surface area contributed by atoms with Crippen molar-refractivity contribution in [2.24, 2.45) is 5.92 Å². The van der Waals surface area contributed by atoms with E-state index in [0.717, 1.165) is 42.5 Å². The molecule has 21 heavy (non-hydrogen) atoms. The molecule has 4 nitrogen and oxygen atoms in total. The summed E-state index contributed by atoms with van der Waals surface area (Å²) < 4.78 is 0. The zero-order valence-electron chi connectivity index (χ0n) is 12.3. The molecule has 1 amide bonds. The number of benzene rings is 1. The van der Waals surface area contributed by atoms with Gasteiger partial charge in [0.25, 0.3) is 0 Å². The van der Waals surface area contributed by atoms with Crippen molar-refractivity contribution >= 4 is 16.8 Å². The highest BCUT2D eigenvalue weighted by Crippen LogP contribution is 2.18. The Kier molecular flexibility index (Phi) is 4.55. The number of rotatable bonds is 5. The molecule has 1 aromatic carbocycles. The van der Waals surface area contributed by atoms with E-state index < -0.39 is 0 Å². The molecule has 2 aromatic rings. The van der Waals surface area contributed by atoms with Crippen LogP contribution in [0, 0.1) is 5.92 Å². The van der Waals surface area contributed by atoms with E-state index >= 15 is 0 Å². The van der Waals surface area contributed by atoms with Crippen molar-refractivity contribution in [3.8, 4) is 0 Å². The molecular weight excluding hydrogens is 262 g/mol. The first-order valence-corrected chi connectivity index (χ1v) is 7.85. The van der Waals surface area contributed by atoms with Gasteiger partial charge < -0.3 is 15.6 Å². The zero-order valence-corrected chi connectivity index (χ0v) is 12.3. The topological polar surface area (TPSA) is 56.9 Å². The van der Waals surface area contributed by atoms with E-state index in [-0.39, 0.29) is 5.91 Å². The molecule has 1 unspecified atom stereocenters. The van der Waals surface area contributed by atoms with Crippen LogP contribution in [0.4, 0.5) is 0 Å². The van der Waals surface area contributed by atoms with Crippen LogP contribution in [0.1, 0.15) is 24.8 Å². The lowest BCUT2D eigenvalue weighted by molar-refractivity contribution is -0.120. The maximum absolute atomic E-state index is 12.1. The molecule has 0 aliphatic carbocycles. The SMILES string of the molecule is O=C(Cc1c[nH]c2ccccc12)NCCC1CCCNC1. The van der Waals surface area contributed by atoms with Crippen molar-refractivity contribution in [1.29, 1.82) is 0 Å². The molecule has 1 aliphatic heterocycles. The average molecular weight is 285 g/mol. The molecule has 2 heterocycles. The van der Waals surface area contributed by atoms with E-state index in [1.54, 1.807) is 0 Å². The summed E-state index contributed by atoms with van der Waals surface area (Å²) in [5.41, 5.74) is 2.16. The molecule has 112 valence electrons. The van der Waals surface area contributed by atoms with Crippen LogP contribution in [0.3, 0.4) is 0 Å². The van der Waals surface area contributed by atoms with Crippen molar-refractivity contribution in [2.45, 2.75) is 25.7 Å². The average Bonchev–Trinajstić information content (AvgIpc) is 2.92. The van der Waals surface area contributed by atoms with Crippen molar-refractivity contribution in [3.63, 3.8) is 0 Å². The van der Waals surface area contributed by atoms with Crippen LogP contribution in [0.15, 0.2) is 30.5 Å². The number of carbonyl (C=O) groups excluding carboxylic acids is 1. The summed E-state index contributed by atoms with van der Waals surface area (Å²) in [6, 6.07) is 8.10. The van der Waals surface area contributed by atoms with Gasteiger partial charge in [0.1, 0.15) is 0 Å². The molecule has 1 aromatic heterocycles. The molecule has 0 saturated carbocycles. The second-order valence-electron chi connectivity index (χ2n) is 5.89. The number of hydrogen-bond donors (Lipinski definition) is 3. The van der Waals surface area contributed by atoms with E-state index in [4.69, 9.17) is 0 Å². The Morgan fingerprint density at radius 2 is 2.24 bits per heavy atom. The number of amides is 1. The first-order valence-electron chi connectivity index (χ1n) is 7.85. The Balaban J connectivity index is 1.47. The number of aromatic amines is 1. The fourth-order valence-corrected chi connectivity index (χ4v) is 3.10. The summed E-state index contributed by atoms with van der Waals surface area (Å²) in [6.45, 7) is 3.02. The van der Waals surface area contributed by atoms with Gasteiger partial charge in [-0.15, -0.1) is 0 Å². The molecular formula is C17H23N3O. The third-order valence-corrected chi connectivity index (χ3v) is 4.30. The van der Waals surface area contributed by atoms with Crippen molar-refractivity contribution in [1.82, 2.24) is 15.6 Å². The highest BCUT2D eigenvalue weighted by atomic mass is 16.1. The Morgan fingerprint density at radius 1 is 1.33 bits per heavy atom. The minimum atomic E-state index is 0.114. The molecule has 1 fully saturated rings. The Labute approximate surface area is 125 Å². The van der Waals surface area contributed by atoms with Crippen LogP contribution in [-0.4, -0.2) is 30.5 Å². The first kappa shape index (κ1) is 14.1. The monoisotopic (exact) mass is 285 g/mol. The van der Waals surface area contributed by atoms with E-state index in [2.05, 4.69) is 21.7 Å². The fourth-order valence-electron chi connectivity index (χ4n) is 3.10. The smallest absolute Gasteiger partial charge is 0.224 e. The minimum absolute atomic E-state index is 0.114. The Bertz CT molecular complexity index is 599. The van der Waals surface area contributed by atoms with Crippen LogP contribution in [0.25, 0.3) is 10.9 Å². The third kappa shape index (κ3) is 3.64. The molecule has 0 bridgehead atoms. The molecule has 3 rings (SSSR count). The number of hydrogen-bond acceptors (Lipinski definition) is 2. The summed E-state index contributed by atoms with van der Waals surface area (Å²) in [7, 11) is 0. The molecule has 1 saturated heterocycles. The van der Waals surface area contributed by atoms with Gasteiger partial charge in [-0.05, 0) is 49.9 Å². The number of carbonyl (C=O) groups is 1. The summed E-state index contributed by atoms with van der Waals surface area (Å²) in [5, 5.41) is 7.61. The lowest BCUT2D eigenvalue weighted by Gasteiger charge is -2.22. The first-order chi connectivity index (χ1) is 10.3. The van der Waals surface area contributed by atoms with Crippen LogP contribution < -0.4 is 10.6 Å². The van der Waals surface area contributed by atoms with Crippen LogP contribution in [-0.2, 0) is 11.2 Å². The molecule has 1 aliphatic rings. The zero-order chi connectivity index (χ0) is 14.5. The summed E-state index contributed by atoms with van der Waals surface area (Å²) in [4.78, 5) is 15.3. The van der Waals surface area contributed by atoms with E-state index in [1.165, 1.54) is 12.8 Å². The lowest BCUT2D eigenvalue weighted by Crippen LogP contribution is -2.33. The molecule has 3 N–H and O–H groups in total. The van der Waals surface area contributed by atoms with E-state index in [1.807, 2.05) is 24.4 Å². The van der Waals surface area contributed by atoms with Crippen LogP contribution >= 0.6 is 0 Å². The fraction of sp³-hybridized carbons (Fsp3) is 0.471. The summed E-state index contributed by atoms with van der Waals surface area (Å²) >= 11 is 0. The van der Waals surface area contributed by atoms with Crippen molar-refractivity contribution in [3.05, 3.63) is 36.0 Å². The standard InChI is InChI=1S/C17H23N3O/c21-17(19-9-7-13-4-3-8-18-11-13)10-14-12-20-16-6-2-1-5-15(14)16/h1-2,5-6,12-13,18,20H,3-4,7-11H2,(H,19,21). The van der Waals surface area contributed by atoms with Gasteiger partial charge in [-0.2, -0.15) is 0 Å². The predicted molar refractivity (Wildman–Crippen MR) is 85.2 cm³/mol. The lowest BCUT2D eigenvalue weighted by atomic mass is 9.96. The van der Waals surface area contributed by atoms with Crippen LogP contribution in [0.5, 0.6) is 0 Å². The van der Waals surface area contributed by atoms with Gasteiger partial charge in [-0.3, -0.25) is 4.79 Å². The second kappa shape index (κ2) is 6.76. The Morgan fingerprint density at radius 3 is 3.10 bits per heavy atom. The molecule has 0 spiro atoms. The highest BCUT2D eigenvalue weighted by Gasteiger charge is 2.13. The van der Waals surface area contributed by atoms with Gasteiger partial charge in [-0.1, -0.05) is 18.2 Å². The molecule has 4 heteroatoms. The second-order valence-corrected chi connectivity index (χ2v) is 5.89. The number of piperidine rings is 1.